The van der Waals surface area contributed by atoms with Gasteiger partial charge in [-0.15, -0.1) is 0 Å². The summed E-state index contributed by atoms with van der Waals surface area (Å²) in [7, 11) is -4.25. The molecule has 39 heavy (non-hydrogen) atoms. The molecule has 0 spiro atoms. The first kappa shape index (κ1) is 28.3. The molecule has 2 aromatic rings. The summed E-state index contributed by atoms with van der Waals surface area (Å²) in [6.45, 7) is 1.24. The monoisotopic (exact) mass is 558 g/mol. The van der Waals surface area contributed by atoms with Crippen molar-refractivity contribution in [1.29, 1.82) is 0 Å². The van der Waals surface area contributed by atoms with Crippen molar-refractivity contribution in [2.24, 2.45) is 16.9 Å². The number of carboxylic acid groups (broad SMARTS) is 1. The number of hydrazone groups is 1. The van der Waals surface area contributed by atoms with Gasteiger partial charge in [-0.05, 0) is 43.1 Å². The summed E-state index contributed by atoms with van der Waals surface area (Å²) < 4.78 is 29.5. The normalized spacial score (nSPS) is 18.7. The lowest BCUT2D eigenvalue weighted by Gasteiger charge is -2.31. The summed E-state index contributed by atoms with van der Waals surface area (Å²) in [6.07, 6.45) is 4.13. The van der Waals surface area contributed by atoms with E-state index in [4.69, 9.17) is 5.84 Å². The number of hydrogen-bond donors (Lipinski definition) is 4. The Morgan fingerprint density at radius 2 is 1.90 bits per heavy atom. The van der Waals surface area contributed by atoms with Crippen LogP contribution in [0.25, 0.3) is 10.8 Å². The maximum Gasteiger partial charge on any atom is 0.323 e. The van der Waals surface area contributed by atoms with Gasteiger partial charge in [-0.25, -0.2) is 8.42 Å². The maximum atomic E-state index is 13.5. The van der Waals surface area contributed by atoms with Crippen LogP contribution in [-0.2, 0) is 24.4 Å². The molecule has 210 valence electrons. The Kier molecular flexibility index (Phi) is 9.02. The van der Waals surface area contributed by atoms with E-state index in [2.05, 4.69) is 15.1 Å². The van der Waals surface area contributed by atoms with Crippen LogP contribution in [0, 0.1) is 5.92 Å². The highest BCUT2D eigenvalue weighted by Crippen LogP contribution is 2.28. The molecule has 5 N–H and O–H groups in total. The maximum absolute atomic E-state index is 13.5. The minimum atomic E-state index is -4.25. The first-order valence-electron chi connectivity index (χ1n) is 12.9. The van der Waals surface area contributed by atoms with Crippen LogP contribution in [-0.4, -0.2) is 85.7 Å². The zero-order valence-electron chi connectivity index (χ0n) is 21.5. The second kappa shape index (κ2) is 12.4. The largest absolute Gasteiger partial charge is 0.480 e. The highest BCUT2D eigenvalue weighted by atomic mass is 32.2. The van der Waals surface area contributed by atoms with Crippen LogP contribution < -0.4 is 15.9 Å². The summed E-state index contributed by atoms with van der Waals surface area (Å²) in [4.78, 5) is 41.0. The predicted octanol–water partition coefficient (Wildman–Crippen LogP) is 0.683. The quantitative estimate of drug-likeness (QED) is 0.127. The molecular weight excluding hydrogens is 524 g/mol. The second-order valence-corrected chi connectivity index (χ2v) is 11.7. The van der Waals surface area contributed by atoms with Crippen molar-refractivity contribution >= 4 is 44.9 Å². The lowest BCUT2D eigenvalue weighted by molar-refractivity contribution is -0.146. The van der Waals surface area contributed by atoms with Gasteiger partial charge in [0.1, 0.15) is 18.9 Å². The number of nitrogens with zero attached hydrogens (tertiary/aromatic N) is 3. The Balaban J connectivity index is 1.52. The van der Waals surface area contributed by atoms with Crippen molar-refractivity contribution in [3.05, 3.63) is 42.5 Å². The molecular formula is C26H34N6O6S. The van der Waals surface area contributed by atoms with Gasteiger partial charge in [-0.3, -0.25) is 14.4 Å². The molecule has 1 saturated heterocycles. The molecule has 13 heteroatoms. The average Bonchev–Trinajstić information content (AvgIpc) is 3.75. The molecule has 1 saturated carbocycles. The first-order valence-corrected chi connectivity index (χ1v) is 14.4. The van der Waals surface area contributed by atoms with E-state index in [0.29, 0.717) is 36.7 Å². The first-order chi connectivity index (χ1) is 18.7. The van der Waals surface area contributed by atoms with Crippen molar-refractivity contribution in [3.8, 4) is 0 Å². The van der Waals surface area contributed by atoms with E-state index < -0.39 is 46.8 Å². The van der Waals surface area contributed by atoms with Crippen molar-refractivity contribution in [3.63, 3.8) is 0 Å². The molecule has 0 radical (unpaired) electrons. The van der Waals surface area contributed by atoms with Gasteiger partial charge in [0.25, 0.3) is 0 Å². The van der Waals surface area contributed by atoms with Gasteiger partial charge in [0.15, 0.2) is 0 Å². The van der Waals surface area contributed by atoms with Gasteiger partial charge in [-0.1, -0.05) is 36.4 Å². The number of piperidine rings is 1. The minimum absolute atomic E-state index is 0.0288. The van der Waals surface area contributed by atoms with E-state index in [1.165, 1.54) is 6.07 Å². The summed E-state index contributed by atoms with van der Waals surface area (Å²) in [5.74, 6) is 2.93. The highest BCUT2D eigenvalue weighted by molar-refractivity contribution is 7.89. The van der Waals surface area contributed by atoms with Gasteiger partial charge >= 0.3 is 5.97 Å². The van der Waals surface area contributed by atoms with Gasteiger partial charge in [-0.2, -0.15) is 9.82 Å². The summed E-state index contributed by atoms with van der Waals surface area (Å²) in [5, 5.41) is 16.9. The average molecular weight is 559 g/mol. The number of sulfonamides is 1. The number of carboxylic acids is 1. The van der Waals surface area contributed by atoms with E-state index in [-0.39, 0.29) is 16.9 Å². The summed E-state index contributed by atoms with van der Waals surface area (Å²) in [5.41, 5.74) is 0. The number of aliphatic carboxylic acids is 1. The molecule has 0 aromatic heterocycles. The van der Waals surface area contributed by atoms with Crippen LogP contribution in [0.15, 0.2) is 52.5 Å². The topological polar surface area (TPSA) is 174 Å². The summed E-state index contributed by atoms with van der Waals surface area (Å²) >= 11 is 0. The van der Waals surface area contributed by atoms with Crippen LogP contribution in [0.1, 0.15) is 32.1 Å². The molecule has 1 aliphatic carbocycles. The number of benzene rings is 2. The Morgan fingerprint density at radius 3 is 2.62 bits per heavy atom. The number of amides is 2. The fourth-order valence-corrected chi connectivity index (χ4v) is 6.38. The molecule has 0 bridgehead atoms. The SMILES string of the molecule is NN=CN1CCC[C@@H](CNC(=O)C[C@H](NS(=O)(=O)c2cccc3ccccc23)C(=O)N(CC(=O)O)C2CC2)C1. The zero-order chi connectivity index (χ0) is 28.0. The molecule has 4 rings (SSSR count). The van der Waals surface area contributed by atoms with Gasteiger partial charge < -0.3 is 26.1 Å². The molecule has 12 nitrogen and oxygen atoms in total. The summed E-state index contributed by atoms with van der Waals surface area (Å²) in [6, 6.07) is 9.99. The third-order valence-electron chi connectivity index (χ3n) is 6.97. The van der Waals surface area contributed by atoms with Crippen LogP contribution >= 0.6 is 0 Å². The number of carbonyl (C=O) groups excluding carboxylic acids is 2. The second-order valence-electron chi connectivity index (χ2n) is 10.0. The van der Waals surface area contributed by atoms with E-state index in [1.807, 2.05) is 4.90 Å². The van der Waals surface area contributed by atoms with Crippen molar-refractivity contribution in [1.82, 2.24) is 19.8 Å². The Hall–Kier alpha value is -3.71. The fraction of sp³-hybridized carbons (Fsp3) is 0.462. The van der Waals surface area contributed by atoms with Crippen LogP contribution in [0.4, 0.5) is 0 Å². The number of carbonyl (C=O) groups is 3. The molecule has 1 heterocycles. The molecule has 0 unspecified atom stereocenters. The molecule has 2 aliphatic rings. The van der Waals surface area contributed by atoms with Crippen LogP contribution in [0.3, 0.4) is 0 Å². The fourth-order valence-electron chi connectivity index (χ4n) is 4.96. The van der Waals surface area contributed by atoms with Crippen molar-refractivity contribution in [2.45, 2.75) is 49.1 Å². The van der Waals surface area contributed by atoms with E-state index in [0.717, 1.165) is 24.3 Å². The third kappa shape index (κ3) is 7.45. The molecule has 2 aromatic carbocycles. The molecule has 2 fully saturated rings. The van der Waals surface area contributed by atoms with Gasteiger partial charge in [0.2, 0.25) is 21.8 Å². The zero-order valence-corrected chi connectivity index (χ0v) is 22.3. The third-order valence-corrected chi connectivity index (χ3v) is 8.50. The van der Waals surface area contributed by atoms with Gasteiger partial charge in [0.05, 0.1) is 11.3 Å². The molecule has 2 amide bonds. The van der Waals surface area contributed by atoms with Crippen molar-refractivity contribution in [2.75, 3.05) is 26.2 Å². The molecule has 1 aliphatic heterocycles. The number of nitrogens with two attached hydrogens (primary N) is 1. The number of hydrogen-bond acceptors (Lipinski definition) is 7. The van der Waals surface area contributed by atoms with E-state index in [1.54, 1.807) is 42.7 Å². The lowest BCUT2D eigenvalue weighted by atomic mass is 9.98. The number of fused-ring (bicyclic) bond motifs is 1. The van der Waals surface area contributed by atoms with Crippen LogP contribution in [0.5, 0.6) is 0 Å². The van der Waals surface area contributed by atoms with Crippen molar-refractivity contribution < 1.29 is 27.9 Å². The van der Waals surface area contributed by atoms with Gasteiger partial charge in [0, 0.05) is 31.1 Å². The smallest absolute Gasteiger partial charge is 0.323 e. The number of nitrogens with one attached hydrogen (secondary N) is 2. The van der Waals surface area contributed by atoms with E-state index >= 15 is 0 Å². The van der Waals surface area contributed by atoms with Crippen LogP contribution in [0.2, 0.25) is 0 Å². The number of likely N-dealkylation sites (tertiary alicyclic amines) is 1. The Morgan fingerprint density at radius 1 is 1.15 bits per heavy atom. The molecule has 2 atom stereocenters. The standard InChI is InChI=1S/C26H34N6O6S/c27-29-17-31-12-4-5-18(15-31)14-28-24(33)13-22(26(36)32(16-25(34)35)20-10-11-20)30-39(37,38)23-9-3-7-19-6-1-2-8-21(19)23/h1-3,6-9,17-18,20,22,30H,4-5,10-16,27H2,(H,28,33)(H,34,35)/t18-,22-/m0/s1. The number of rotatable bonds is 12. The Labute approximate surface area is 227 Å². The predicted molar refractivity (Wildman–Crippen MR) is 145 cm³/mol. The van der Waals surface area contributed by atoms with E-state index in [9.17, 15) is 27.9 Å². The highest BCUT2D eigenvalue weighted by Gasteiger charge is 2.39. The minimum Gasteiger partial charge on any atom is -0.480 e. The Bertz CT molecular complexity index is 1340. The lowest BCUT2D eigenvalue weighted by Crippen LogP contribution is -2.52.